The van der Waals surface area contributed by atoms with Crippen LogP contribution in [0.5, 0.6) is 5.75 Å². The Hall–Kier alpha value is -4.71. The van der Waals surface area contributed by atoms with Gasteiger partial charge in [0.05, 0.1) is 37.2 Å². The van der Waals surface area contributed by atoms with Crippen LogP contribution in [0.15, 0.2) is 103 Å². The summed E-state index contributed by atoms with van der Waals surface area (Å²) in [5, 5.41) is 21.4. The number of hydrogen-bond acceptors (Lipinski definition) is 7. The lowest BCUT2D eigenvalue weighted by atomic mass is 9.87. The Morgan fingerprint density at radius 2 is 1.47 bits per heavy atom. The first-order valence-corrected chi connectivity index (χ1v) is 19.1. The summed E-state index contributed by atoms with van der Waals surface area (Å²) < 4.78 is 31.6. The zero-order chi connectivity index (χ0) is 36.6. The van der Waals surface area contributed by atoms with Crippen molar-refractivity contribution in [3.63, 3.8) is 0 Å². The second-order valence-electron chi connectivity index (χ2n) is 13.3. The molecule has 10 nitrogen and oxygen atoms in total. The number of aliphatic hydroxyl groups excluding tert-OH is 1. The molecule has 4 N–H and O–H groups in total. The van der Waals surface area contributed by atoms with Crippen LogP contribution in [-0.2, 0) is 22.0 Å². The van der Waals surface area contributed by atoms with E-state index in [1.54, 1.807) is 7.11 Å². The first-order chi connectivity index (χ1) is 24.4. The summed E-state index contributed by atoms with van der Waals surface area (Å²) in [7, 11) is -0.706. The van der Waals surface area contributed by atoms with Crippen LogP contribution >= 0.6 is 0 Å². The van der Waals surface area contributed by atoms with E-state index in [9.17, 15) is 23.1 Å². The molecule has 4 aromatic carbocycles. The monoisotopic (exact) mass is 712 g/mol. The van der Waals surface area contributed by atoms with E-state index in [0.29, 0.717) is 6.42 Å². The molecule has 4 aromatic rings. The number of ether oxygens (including phenoxy) is 1. The normalized spacial score (nSPS) is 15.7. The average Bonchev–Trinajstić information content (AvgIpc) is 3.63. The van der Waals surface area contributed by atoms with E-state index in [0.717, 1.165) is 58.7 Å². The molecule has 11 heteroatoms. The number of carbonyl (C=O) groups is 2. The highest BCUT2D eigenvalue weighted by atomic mass is 32.2. The van der Waals surface area contributed by atoms with Crippen LogP contribution in [0.25, 0.3) is 0 Å². The third-order valence-corrected chi connectivity index (χ3v) is 11.0. The molecule has 1 saturated carbocycles. The van der Waals surface area contributed by atoms with Gasteiger partial charge in [0.15, 0.2) is 0 Å². The van der Waals surface area contributed by atoms with Gasteiger partial charge in [-0.05, 0) is 73.2 Å². The third kappa shape index (κ3) is 9.55. The number of nitrogens with one attached hydrogen (secondary N) is 3. The Balaban J connectivity index is 1.42. The van der Waals surface area contributed by atoms with Crippen LogP contribution in [0.1, 0.15) is 76.1 Å². The topological polar surface area (TPSA) is 137 Å². The molecule has 1 aliphatic rings. The number of anilines is 1. The number of carbonyl (C=O) groups excluding carboxylic acids is 2. The molecule has 3 atom stereocenters. The predicted molar refractivity (Wildman–Crippen MR) is 201 cm³/mol. The van der Waals surface area contributed by atoms with E-state index in [2.05, 4.69) is 22.0 Å². The fourth-order valence-corrected chi connectivity index (χ4v) is 7.15. The van der Waals surface area contributed by atoms with Crippen molar-refractivity contribution in [1.82, 2.24) is 16.0 Å². The molecular formula is C40H48N4O6S. The number of aliphatic hydroxyl groups is 1. The second kappa shape index (κ2) is 16.5. The Morgan fingerprint density at radius 1 is 0.863 bits per heavy atom. The van der Waals surface area contributed by atoms with Gasteiger partial charge in [-0.15, -0.1) is 0 Å². The minimum atomic E-state index is -3.72. The molecule has 0 heterocycles. The smallest absolute Gasteiger partial charge is 0.251 e. The number of amides is 2. The lowest BCUT2D eigenvalue weighted by Crippen LogP contribution is -2.52. The highest BCUT2D eigenvalue weighted by Crippen LogP contribution is 2.40. The van der Waals surface area contributed by atoms with Gasteiger partial charge in [-0.3, -0.25) is 13.9 Å². The summed E-state index contributed by atoms with van der Waals surface area (Å²) in [6.45, 7) is 2.05. The fourth-order valence-electron chi connectivity index (χ4n) is 6.66. The molecule has 5 rings (SSSR count). The third-order valence-electron chi connectivity index (χ3n) is 9.76. The maximum absolute atomic E-state index is 14.1. The van der Waals surface area contributed by atoms with Crippen LogP contribution in [-0.4, -0.2) is 64.4 Å². The molecule has 2 amide bonds. The van der Waals surface area contributed by atoms with E-state index < -0.39 is 34.0 Å². The molecule has 270 valence electrons. The Kier molecular flexibility index (Phi) is 12.2. The molecule has 0 spiro atoms. The van der Waals surface area contributed by atoms with Gasteiger partial charge in [-0.25, -0.2) is 8.42 Å². The van der Waals surface area contributed by atoms with Crippen molar-refractivity contribution >= 4 is 27.5 Å². The van der Waals surface area contributed by atoms with Crippen molar-refractivity contribution in [3.8, 4) is 5.75 Å². The summed E-state index contributed by atoms with van der Waals surface area (Å²) in [5.41, 5.74) is 2.93. The van der Waals surface area contributed by atoms with Gasteiger partial charge in [0.1, 0.15) is 5.75 Å². The van der Waals surface area contributed by atoms with E-state index >= 15 is 0 Å². The van der Waals surface area contributed by atoms with Crippen molar-refractivity contribution in [1.29, 1.82) is 0 Å². The Morgan fingerprint density at radius 3 is 2.08 bits per heavy atom. The highest BCUT2D eigenvalue weighted by molar-refractivity contribution is 7.92. The van der Waals surface area contributed by atoms with Crippen LogP contribution in [0.3, 0.4) is 0 Å². The average molecular weight is 713 g/mol. The number of nitrogens with zero attached hydrogens (tertiary/aromatic N) is 1. The fraction of sp³-hybridized carbons (Fsp3) is 0.350. The van der Waals surface area contributed by atoms with Crippen molar-refractivity contribution < 1.29 is 27.9 Å². The van der Waals surface area contributed by atoms with Crippen LogP contribution in [0, 0.1) is 0 Å². The van der Waals surface area contributed by atoms with Crippen molar-refractivity contribution in [2.75, 3.05) is 31.3 Å². The van der Waals surface area contributed by atoms with Gasteiger partial charge in [0, 0.05) is 30.3 Å². The van der Waals surface area contributed by atoms with E-state index in [1.165, 1.54) is 25.2 Å². The first-order valence-electron chi connectivity index (χ1n) is 17.3. The van der Waals surface area contributed by atoms with Gasteiger partial charge in [0.2, 0.25) is 10.0 Å². The van der Waals surface area contributed by atoms with E-state index in [4.69, 9.17) is 4.74 Å². The lowest BCUT2D eigenvalue weighted by molar-refractivity contribution is 0.0807. The van der Waals surface area contributed by atoms with Gasteiger partial charge < -0.3 is 25.8 Å². The molecule has 51 heavy (non-hydrogen) atoms. The summed E-state index contributed by atoms with van der Waals surface area (Å²) in [6.07, 6.45) is 4.29. The standard InChI is InChI=1S/C40H48N4O6S/c1-28(30-16-9-6-10-17-30)42-38(46)31-23-32(25-34(24-31)44(2)51(4,48)49)39(47)43-36(22-29-14-7-5-8-15-29)37(45)27-41-40(20-11-12-21-40)33-18-13-19-35(26-33)50-3/h5-10,13-19,23-26,28,36-37,41,45H,11-12,20-22,27H2,1-4H3,(H,42,46)(H,43,47)/t28-,36+,37-/m1/s1. The minimum absolute atomic E-state index is 0.0855. The summed E-state index contributed by atoms with van der Waals surface area (Å²) in [6, 6.07) is 30.3. The zero-order valence-corrected chi connectivity index (χ0v) is 30.5. The zero-order valence-electron chi connectivity index (χ0n) is 29.6. The number of sulfonamides is 1. The van der Waals surface area contributed by atoms with Crippen molar-refractivity contribution in [2.24, 2.45) is 0 Å². The highest BCUT2D eigenvalue weighted by Gasteiger charge is 2.37. The van der Waals surface area contributed by atoms with Crippen LogP contribution in [0.4, 0.5) is 5.69 Å². The van der Waals surface area contributed by atoms with Gasteiger partial charge in [-0.1, -0.05) is 85.6 Å². The summed E-state index contributed by atoms with van der Waals surface area (Å²) in [5.74, 6) is -0.248. The van der Waals surface area contributed by atoms with Gasteiger partial charge in [0.25, 0.3) is 11.8 Å². The molecule has 0 aliphatic heterocycles. The molecule has 0 unspecified atom stereocenters. The Bertz CT molecular complexity index is 1900. The van der Waals surface area contributed by atoms with Crippen LogP contribution < -0.4 is 25.0 Å². The molecule has 0 bridgehead atoms. The maximum Gasteiger partial charge on any atom is 0.251 e. The number of methoxy groups -OCH3 is 1. The maximum atomic E-state index is 14.1. The molecule has 1 aliphatic carbocycles. The SMILES string of the molecule is COc1cccc(C2(NC[C@@H](O)[C@H](Cc3ccccc3)NC(=O)c3cc(C(=O)N[C@H](C)c4ccccc4)cc(N(C)S(C)(=O)=O)c3)CCCC2)c1. The number of rotatable bonds is 15. The van der Waals surface area contributed by atoms with Gasteiger partial charge >= 0.3 is 0 Å². The summed E-state index contributed by atoms with van der Waals surface area (Å²) >= 11 is 0. The van der Waals surface area contributed by atoms with Crippen molar-refractivity contribution in [3.05, 3.63) is 131 Å². The number of hydrogen-bond donors (Lipinski definition) is 4. The van der Waals surface area contributed by atoms with Crippen molar-refractivity contribution in [2.45, 2.75) is 62.8 Å². The van der Waals surface area contributed by atoms with Crippen LogP contribution in [0.2, 0.25) is 0 Å². The molecule has 0 aromatic heterocycles. The first kappa shape index (κ1) is 37.5. The minimum Gasteiger partial charge on any atom is -0.497 e. The molecule has 0 saturated heterocycles. The molecule has 0 radical (unpaired) electrons. The molecule has 1 fully saturated rings. The predicted octanol–water partition coefficient (Wildman–Crippen LogP) is 5.34. The van der Waals surface area contributed by atoms with Gasteiger partial charge in [-0.2, -0.15) is 0 Å². The Labute approximate surface area is 301 Å². The molecular weight excluding hydrogens is 665 g/mol. The van der Waals surface area contributed by atoms with E-state index in [-0.39, 0.29) is 34.9 Å². The summed E-state index contributed by atoms with van der Waals surface area (Å²) in [4.78, 5) is 27.6. The van der Waals surface area contributed by atoms with E-state index in [1.807, 2.05) is 85.8 Å². The second-order valence-corrected chi connectivity index (χ2v) is 15.4. The number of benzene rings is 4. The lowest BCUT2D eigenvalue weighted by Gasteiger charge is -2.34. The quantitative estimate of drug-likeness (QED) is 0.131. The largest absolute Gasteiger partial charge is 0.497 e.